The molecule has 3 nitrogen and oxygen atoms in total. The molecule has 1 aromatic carbocycles. The standard InChI is InChI=1S/C18H25BO3/c1-17(2)13-9-15(17)18(3)16(10-13)21-19(22-18)11-12-5-7-14(20-4)8-6-12/h5-8,13,15-16H,9-11H2,1-4H3/t13-,15-,16+,18-/m0/s1. The first-order valence-corrected chi connectivity index (χ1v) is 8.39. The van der Waals surface area contributed by atoms with Crippen LogP contribution >= 0.6 is 0 Å². The van der Waals surface area contributed by atoms with Gasteiger partial charge in [-0.3, -0.25) is 0 Å². The summed E-state index contributed by atoms with van der Waals surface area (Å²) in [5, 5.41) is 0. The Kier molecular flexibility index (Phi) is 3.15. The van der Waals surface area contributed by atoms with Gasteiger partial charge >= 0.3 is 7.12 Å². The summed E-state index contributed by atoms with van der Waals surface area (Å²) < 4.78 is 17.9. The Morgan fingerprint density at radius 2 is 1.91 bits per heavy atom. The second kappa shape index (κ2) is 4.75. The molecule has 4 fully saturated rings. The highest BCUT2D eigenvalue weighted by Gasteiger charge is 2.67. The van der Waals surface area contributed by atoms with Crippen LogP contribution in [0.4, 0.5) is 0 Å². The summed E-state index contributed by atoms with van der Waals surface area (Å²) in [5.74, 6) is 2.32. The van der Waals surface area contributed by atoms with Crippen molar-refractivity contribution in [2.45, 2.75) is 51.6 Å². The molecule has 4 aliphatic rings. The van der Waals surface area contributed by atoms with Gasteiger partial charge in [0.2, 0.25) is 0 Å². The normalized spacial score (nSPS) is 38.4. The largest absolute Gasteiger partial charge is 0.497 e. The number of rotatable bonds is 3. The van der Waals surface area contributed by atoms with Crippen molar-refractivity contribution in [1.29, 1.82) is 0 Å². The van der Waals surface area contributed by atoms with Crippen LogP contribution in [0.25, 0.3) is 0 Å². The van der Waals surface area contributed by atoms with Crippen LogP contribution in [0.15, 0.2) is 24.3 Å². The van der Waals surface area contributed by atoms with E-state index in [1.807, 2.05) is 12.1 Å². The first kappa shape index (κ1) is 14.6. The summed E-state index contributed by atoms with van der Waals surface area (Å²) in [6.45, 7) is 7.06. The molecule has 0 N–H and O–H groups in total. The highest BCUT2D eigenvalue weighted by Crippen LogP contribution is 2.65. The van der Waals surface area contributed by atoms with Crippen molar-refractivity contribution < 1.29 is 14.0 Å². The fraction of sp³-hybridized carbons (Fsp3) is 0.667. The summed E-state index contributed by atoms with van der Waals surface area (Å²) in [7, 11) is 1.58. The molecule has 0 unspecified atom stereocenters. The molecule has 118 valence electrons. The molecule has 22 heavy (non-hydrogen) atoms. The molecule has 4 heteroatoms. The summed E-state index contributed by atoms with van der Waals surface area (Å²) in [6, 6.07) is 8.19. The van der Waals surface area contributed by atoms with Gasteiger partial charge in [0.05, 0.1) is 18.8 Å². The molecular formula is C18H25BO3. The van der Waals surface area contributed by atoms with Crippen molar-refractivity contribution in [1.82, 2.24) is 0 Å². The number of methoxy groups -OCH3 is 1. The first-order chi connectivity index (χ1) is 10.4. The molecule has 0 spiro atoms. The van der Waals surface area contributed by atoms with Gasteiger partial charge in [-0.15, -0.1) is 0 Å². The predicted molar refractivity (Wildman–Crippen MR) is 86.8 cm³/mol. The Bertz CT molecular complexity index is 570. The second-order valence-corrected chi connectivity index (χ2v) is 7.95. The van der Waals surface area contributed by atoms with Crippen LogP contribution in [0.3, 0.4) is 0 Å². The topological polar surface area (TPSA) is 27.7 Å². The minimum absolute atomic E-state index is 0.102. The van der Waals surface area contributed by atoms with E-state index in [1.165, 1.54) is 12.0 Å². The van der Waals surface area contributed by atoms with Gasteiger partial charge < -0.3 is 14.0 Å². The Morgan fingerprint density at radius 1 is 1.18 bits per heavy atom. The maximum atomic E-state index is 6.45. The van der Waals surface area contributed by atoms with Crippen LogP contribution in [-0.2, 0) is 15.6 Å². The van der Waals surface area contributed by atoms with Gasteiger partial charge in [0.1, 0.15) is 5.75 Å². The Labute approximate surface area is 133 Å². The molecule has 0 amide bonds. The van der Waals surface area contributed by atoms with Crippen LogP contribution in [-0.4, -0.2) is 25.9 Å². The summed E-state index contributed by atoms with van der Waals surface area (Å²) in [5.41, 5.74) is 1.54. The monoisotopic (exact) mass is 300 g/mol. The van der Waals surface area contributed by atoms with E-state index in [-0.39, 0.29) is 18.8 Å². The SMILES string of the molecule is COc1ccc(CB2O[C@@H]3C[C@@H]4C[C@@H](C4(C)C)[C@]3(C)O2)cc1. The maximum Gasteiger partial charge on any atom is 0.462 e. The van der Waals surface area contributed by atoms with E-state index in [0.29, 0.717) is 11.3 Å². The van der Waals surface area contributed by atoms with E-state index in [1.54, 1.807) is 7.11 Å². The summed E-state index contributed by atoms with van der Waals surface area (Å²) in [6.07, 6.45) is 3.54. The van der Waals surface area contributed by atoms with E-state index in [2.05, 4.69) is 32.9 Å². The van der Waals surface area contributed by atoms with E-state index in [4.69, 9.17) is 14.0 Å². The van der Waals surface area contributed by atoms with Gasteiger partial charge in [0, 0.05) is 6.32 Å². The zero-order valence-corrected chi connectivity index (χ0v) is 14.0. The molecule has 2 bridgehead atoms. The minimum atomic E-state index is -0.112. The summed E-state index contributed by atoms with van der Waals surface area (Å²) >= 11 is 0. The fourth-order valence-electron chi connectivity index (χ4n) is 4.99. The molecule has 1 heterocycles. The second-order valence-electron chi connectivity index (χ2n) is 7.95. The average Bonchev–Trinajstić information content (AvgIpc) is 2.83. The summed E-state index contributed by atoms with van der Waals surface area (Å²) in [4.78, 5) is 0. The van der Waals surface area contributed by atoms with Gasteiger partial charge in [-0.05, 0) is 54.7 Å². The lowest BCUT2D eigenvalue weighted by Gasteiger charge is -2.64. The maximum absolute atomic E-state index is 6.45. The Balaban J connectivity index is 1.48. The van der Waals surface area contributed by atoms with Crippen LogP contribution in [0, 0.1) is 17.3 Å². The predicted octanol–water partition coefficient (Wildman–Crippen LogP) is 3.51. The van der Waals surface area contributed by atoms with Gasteiger partial charge in [-0.1, -0.05) is 26.0 Å². The third kappa shape index (κ3) is 1.96. The molecular weight excluding hydrogens is 275 g/mol. The molecule has 1 aromatic rings. The quantitative estimate of drug-likeness (QED) is 0.800. The molecule has 0 aromatic heterocycles. The lowest BCUT2D eigenvalue weighted by Crippen LogP contribution is -2.65. The van der Waals surface area contributed by atoms with E-state index in [0.717, 1.165) is 24.4 Å². The highest BCUT2D eigenvalue weighted by molar-refractivity contribution is 6.44. The fourth-order valence-corrected chi connectivity index (χ4v) is 4.99. The number of hydrogen-bond donors (Lipinski definition) is 0. The molecule has 3 saturated carbocycles. The molecule has 5 rings (SSSR count). The van der Waals surface area contributed by atoms with Gasteiger partial charge in [0.25, 0.3) is 0 Å². The Hall–Kier alpha value is -0.995. The van der Waals surface area contributed by atoms with Crippen LogP contribution in [0.2, 0.25) is 0 Å². The lowest BCUT2D eigenvalue weighted by molar-refractivity contribution is -0.199. The van der Waals surface area contributed by atoms with Crippen molar-refractivity contribution in [2.75, 3.05) is 7.11 Å². The smallest absolute Gasteiger partial charge is 0.462 e. The molecule has 1 saturated heterocycles. The number of ether oxygens (including phenoxy) is 1. The van der Waals surface area contributed by atoms with Crippen LogP contribution in [0.5, 0.6) is 5.75 Å². The van der Waals surface area contributed by atoms with Crippen LogP contribution < -0.4 is 4.74 Å². The zero-order valence-electron chi connectivity index (χ0n) is 14.0. The van der Waals surface area contributed by atoms with Crippen molar-refractivity contribution in [2.24, 2.45) is 17.3 Å². The lowest BCUT2D eigenvalue weighted by atomic mass is 9.43. The van der Waals surface area contributed by atoms with Gasteiger partial charge in [-0.2, -0.15) is 0 Å². The first-order valence-electron chi connectivity index (χ1n) is 8.39. The Morgan fingerprint density at radius 3 is 2.55 bits per heavy atom. The van der Waals surface area contributed by atoms with Crippen molar-refractivity contribution in [3.8, 4) is 5.75 Å². The third-order valence-electron chi connectivity index (χ3n) is 6.56. The molecule has 1 aliphatic heterocycles. The average molecular weight is 300 g/mol. The van der Waals surface area contributed by atoms with E-state index < -0.39 is 0 Å². The van der Waals surface area contributed by atoms with Gasteiger partial charge in [0.15, 0.2) is 0 Å². The number of hydrogen-bond acceptors (Lipinski definition) is 3. The molecule has 0 radical (unpaired) electrons. The van der Waals surface area contributed by atoms with Crippen molar-refractivity contribution in [3.63, 3.8) is 0 Å². The molecule has 3 aliphatic carbocycles. The highest BCUT2D eigenvalue weighted by atomic mass is 16.7. The number of benzene rings is 1. The van der Waals surface area contributed by atoms with Crippen molar-refractivity contribution >= 4 is 7.12 Å². The zero-order chi connectivity index (χ0) is 15.5. The third-order valence-corrected chi connectivity index (χ3v) is 6.56. The molecule has 4 atom stereocenters. The van der Waals surface area contributed by atoms with Gasteiger partial charge in [-0.25, -0.2) is 0 Å². The van der Waals surface area contributed by atoms with Crippen molar-refractivity contribution in [3.05, 3.63) is 29.8 Å². The van der Waals surface area contributed by atoms with Crippen LogP contribution in [0.1, 0.15) is 39.2 Å². The van der Waals surface area contributed by atoms with E-state index >= 15 is 0 Å². The van der Waals surface area contributed by atoms with E-state index in [9.17, 15) is 0 Å². The minimum Gasteiger partial charge on any atom is -0.497 e.